The van der Waals surface area contributed by atoms with E-state index in [-0.39, 0.29) is 17.5 Å². The number of nitriles is 1. The van der Waals surface area contributed by atoms with Crippen LogP contribution in [0.25, 0.3) is 0 Å². The van der Waals surface area contributed by atoms with Crippen LogP contribution in [-0.4, -0.2) is 17.3 Å². The monoisotopic (exact) mass is 190 g/mol. The van der Waals surface area contributed by atoms with E-state index in [1.165, 1.54) is 6.07 Å². The highest BCUT2D eigenvalue weighted by molar-refractivity contribution is 8.15. The Kier molecular flexibility index (Phi) is 3.04. The normalized spacial score (nSPS) is 22.6. The van der Waals surface area contributed by atoms with Gasteiger partial charge < -0.3 is 0 Å². The lowest BCUT2D eigenvalue weighted by Crippen LogP contribution is -2.28. The van der Waals surface area contributed by atoms with E-state index in [0.717, 1.165) is 11.8 Å². The quantitative estimate of drug-likeness (QED) is 0.679. The van der Waals surface area contributed by atoms with Crippen LogP contribution in [0.1, 0.15) is 6.42 Å². The standard InChI is InChI=1S/C7H6F2NOS/c8-6(9)4(2-10)1-5-3-12-7(5)11/h5-6H,1,3H2. The Morgan fingerprint density at radius 1 is 1.83 bits per heavy atom. The predicted octanol–water partition coefficient (Wildman–Crippen LogP) is 1.63. The summed E-state index contributed by atoms with van der Waals surface area (Å²) >= 11 is 1.13. The smallest absolute Gasteiger partial charge is 0.258 e. The maximum Gasteiger partial charge on any atom is 0.258 e. The Bertz CT molecular complexity index is 226. The van der Waals surface area contributed by atoms with Crippen molar-refractivity contribution in [1.29, 1.82) is 5.26 Å². The van der Waals surface area contributed by atoms with Crippen molar-refractivity contribution in [2.75, 3.05) is 5.75 Å². The molecule has 0 saturated carbocycles. The molecule has 1 heterocycles. The van der Waals surface area contributed by atoms with E-state index in [1.54, 1.807) is 0 Å². The fraction of sp³-hybridized carbons (Fsp3) is 0.571. The van der Waals surface area contributed by atoms with Crippen molar-refractivity contribution >= 4 is 16.9 Å². The molecule has 0 bridgehead atoms. The van der Waals surface area contributed by atoms with Crippen LogP contribution >= 0.6 is 11.8 Å². The molecular formula is C7H6F2NOS. The van der Waals surface area contributed by atoms with Crippen molar-refractivity contribution in [2.45, 2.75) is 12.8 Å². The second-order valence-corrected chi connectivity index (χ2v) is 3.49. The number of hydrogen-bond acceptors (Lipinski definition) is 3. The minimum atomic E-state index is -2.71. The minimum absolute atomic E-state index is 0.0694. The second-order valence-electron chi connectivity index (χ2n) is 2.47. The van der Waals surface area contributed by atoms with Gasteiger partial charge >= 0.3 is 0 Å². The fourth-order valence-corrected chi connectivity index (χ4v) is 1.60. The summed E-state index contributed by atoms with van der Waals surface area (Å²) in [5.41, 5.74) is 0. The van der Waals surface area contributed by atoms with Gasteiger partial charge in [0.05, 0.1) is 6.07 Å². The highest BCUT2D eigenvalue weighted by atomic mass is 32.2. The minimum Gasteiger partial charge on any atom is -0.287 e. The van der Waals surface area contributed by atoms with Crippen LogP contribution in [0, 0.1) is 23.2 Å². The van der Waals surface area contributed by atoms with E-state index in [2.05, 4.69) is 0 Å². The molecule has 1 atom stereocenters. The molecule has 1 aliphatic rings. The molecular weight excluding hydrogens is 184 g/mol. The molecule has 12 heavy (non-hydrogen) atoms. The fourth-order valence-electron chi connectivity index (χ4n) is 0.860. The summed E-state index contributed by atoms with van der Waals surface area (Å²) < 4.78 is 23.9. The van der Waals surface area contributed by atoms with Gasteiger partial charge in [0.2, 0.25) is 0 Å². The number of nitrogens with zero attached hydrogens (tertiary/aromatic N) is 1. The summed E-state index contributed by atoms with van der Waals surface area (Å²) in [6, 6.07) is 1.43. The van der Waals surface area contributed by atoms with Crippen LogP contribution in [0.3, 0.4) is 0 Å². The number of rotatable bonds is 3. The van der Waals surface area contributed by atoms with Crippen molar-refractivity contribution < 1.29 is 13.6 Å². The maximum absolute atomic E-state index is 12.0. The van der Waals surface area contributed by atoms with Crippen LogP contribution in [0.15, 0.2) is 0 Å². The second kappa shape index (κ2) is 3.85. The molecule has 0 spiro atoms. The molecule has 2 nitrogen and oxygen atoms in total. The predicted molar refractivity (Wildman–Crippen MR) is 40.4 cm³/mol. The third kappa shape index (κ3) is 1.95. The number of carbonyl (C=O) groups is 1. The van der Waals surface area contributed by atoms with E-state index in [0.29, 0.717) is 5.75 Å². The third-order valence-corrected chi connectivity index (χ3v) is 2.82. The zero-order valence-electron chi connectivity index (χ0n) is 6.09. The molecule has 1 aliphatic heterocycles. The average Bonchev–Trinajstić information content (AvgIpc) is 2.02. The van der Waals surface area contributed by atoms with Crippen molar-refractivity contribution in [1.82, 2.24) is 0 Å². The SMILES string of the molecule is N#C[C](CC1CSC1=O)C(F)F. The van der Waals surface area contributed by atoms with E-state index in [9.17, 15) is 13.6 Å². The first-order chi connectivity index (χ1) is 5.65. The van der Waals surface area contributed by atoms with Gasteiger partial charge in [-0.15, -0.1) is 0 Å². The molecule has 1 rings (SSSR count). The topological polar surface area (TPSA) is 40.9 Å². The number of halogens is 2. The maximum atomic E-state index is 12.0. The number of hydrogen-bond donors (Lipinski definition) is 0. The molecule has 0 N–H and O–H groups in total. The third-order valence-electron chi connectivity index (χ3n) is 1.63. The lowest BCUT2D eigenvalue weighted by molar-refractivity contribution is -0.115. The Morgan fingerprint density at radius 3 is 2.75 bits per heavy atom. The summed E-state index contributed by atoms with van der Waals surface area (Å²) in [5, 5.41) is 8.19. The molecule has 0 aromatic heterocycles. The largest absolute Gasteiger partial charge is 0.287 e. The van der Waals surface area contributed by atoms with Gasteiger partial charge in [-0.25, -0.2) is 8.78 Å². The Labute approximate surface area is 72.9 Å². The van der Waals surface area contributed by atoms with Gasteiger partial charge in [-0.05, 0) is 6.42 Å². The van der Waals surface area contributed by atoms with E-state index >= 15 is 0 Å². The molecule has 1 saturated heterocycles. The van der Waals surface area contributed by atoms with E-state index in [1.807, 2.05) is 0 Å². The molecule has 1 radical (unpaired) electrons. The van der Waals surface area contributed by atoms with Gasteiger partial charge in [0.1, 0.15) is 5.92 Å². The summed E-state index contributed by atoms with van der Waals surface area (Å²) in [5.74, 6) is -0.260. The first-order valence-corrected chi connectivity index (χ1v) is 4.34. The van der Waals surface area contributed by atoms with Gasteiger partial charge in [-0.2, -0.15) is 5.26 Å². The van der Waals surface area contributed by atoms with Crippen molar-refractivity contribution in [3.8, 4) is 6.07 Å². The van der Waals surface area contributed by atoms with Gasteiger partial charge in [0, 0.05) is 11.7 Å². The molecule has 5 heteroatoms. The number of carbonyl (C=O) groups excluding carboxylic acids is 1. The molecule has 65 valence electrons. The summed E-state index contributed by atoms with van der Waals surface area (Å²) in [6.07, 6.45) is -2.78. The summed E-state index contributed by atoms with van der Waals surface area (Å²) in [6.45, 7) is 0. The van der Waals surface area contributed by atoms with Crippen LogP contribution in [0.4, 0.5) is 8.78 Å². The molecule has 0 aliphatic carbocycles. The van der Waals surface area contributed by atoms with Crippen LogP contribution in [-0.2, 0) is 4.79 Å². The molecule has 1 unspecified atom stereocenters. The Hall–Kier alpha value is -0.630. The zero-order chi connectivity index (χ0) is 9.14. The van der Waals surface area contributed by atoms with E-state index < -0.39 is 12.3 Å². The van der Waals surface area contributed by atoms with Crippen molar-refractivity contribution in [2.24, 2.45) is 5.92 Å². The number of thioether (sulfide) groups is 1. The van der Waals surface area contributed by atoms with Crippen LogP contribution < -0.4 is 0 Å². The Balaban J connectivity index is 2.38. The van der Waals surface area contributed by atoms with Gasteiger partial charge in [-0.3, -0.25) is 4.79 Å². The lowest BCUT2D eigenvalue weighted by Gasteiger charge is -2.23. The van der Waals surface area contributed by atoms with Crippen molar-refractivity contribution in [3.05, 3.63) is 5.92 Å². The molecule has 1 fully saturated rings. The first kappa shape index (κ1) is 9.46. The zero-order valence-corrected chi connectivity index (χ0v) is 6.91. The van der Waals surface area contributed by atoms with Crippen LogP contribution in [0.5, 0.6) is 0 Å². The van der Waals surface area contributed by atoms with Crippen molar-refractivity contribution in [3.63, 3.8) is 0 Å². The highest BCUT2D eigenvalue weighted by Crippen LogP contribution is 2.34. The summed E-state index contributed by atoms with van der Waals surface area (Å²) in [4.78, 5) is 10.7. The number of alkyl halides is 2. The first-order valence-electron chi connectivity index (χ1n) is 3.35. The highest BCUT2D eigenvalue weighted by Gasteiger charge is 2.35. The Morgan fingerprint density at radius 2 is 2.50 bits per heavy atom. The molecule has 0 aromatic rings. The lowest BCUT2D eigenvalue weighted by atomic mass is 9.97. The molecule has 0 amide bonds. The van der Waals surface area contributed by atoms with Gasteiger partial charge in [-0.1, -0.05) is 11.8 Å². The summed E-state index contributed by atoms with van der Waals surface area (Å²) in [7, 11) is 0. The average molecular weight is 190 g/mol. The molecule has 0 aromatic carbocycles. The van der Waals surface area contributed by atoms with E-state index in [4.69, 9.17) is 5.26 Å². The van der Waals surface area contributed by atoms with Gasteiger partial charge in [0.25, 0.3) is 6.43 Å². The van der Waals surface area contributed by atoms with Gasteiger partial charge in [0.15, 0.2) is 5.12 Å². The van der Waals surface area contributed by atoms with Crippen LogP contribution in [0.2, 0.25) is 0 Å².